The summed E-state index contributed by atoms with van der Waals surface area (Å²) in [5.41, 5.74) is 1.80. The van der Waals surface area contributed by atoms with E-state index in [4.69, 9.17) is 13.9 Å². The number of ketones is 1. The number of hydrogen-bond acceptors (Lipinski definition) is 7. The molecule has 1 aromatic heterocycles. The number of fused-ring (bicyclic) bond motifs is 1. The topological polar surface area (TPSA) is 101 Å². The normalized spacial score (nSPS) is 12.7. The summed E-state index contributed by atoms with van der Waals surface area (Å²) in [6.07, 6.45) is 0. The Bertz CT molecular complexity index is 1300. The van der Waals surface area contributed by atoms with Crippen LogP contribution >= 0.6 is 0 Å². The summed E-state index contributed by atoms with van der Waals surface area (Å²) in [5, 5.41) is 2.86. The molecule has 0 saturated heterocycles. The van der Waals surface area contributed by atoms with Crippen LogP contribution in [0.15, 0.2) is 59.0 Å². The average Bonchev–Trinajstić information content (AvgIpc) is 3.40. The molecule has 1 aliphatic rings. The first-order valence-corrected chi connectivity index (χ1v) is 12.8. The van der Waals surface area contributed by atoms with E-state index in [2.05, 4.69) is 24.1 Å². The van der Waals surface area contributed by atoms with E-state index >= 15 is 0 Å². The van der Waals surface area contributed by atoms with Crippen molar-refractivity contribution in [2.45, 2.75) is 27.3 Å². The summed E-state index contributed by atoms with van der Waals surface area (Å²) in [6.45, 7) is 8.99. The molecule has 0 atom stereocenters. The molecule has 1 aliphatic heterocycles. The molecule has 38 heavy (non-hydrogen) atoms. The van der Waals surface area contributed by atoms with Crippen LogP contribution in [0.3, 0.4) is 0 Å². The average molecular weight is 520 g/mol. The molecule has 0 bridgehead atoms. The van der Waals surface area contributed by atoms with Gasteiger partial charge in [-0.05, 0) is 62.0 Å². The van der Waals surface area contributed by atoms with Gasteiger partial charge in [-0.15, -0.1) is 0 Å². The molecule has 4 rings (SSSR count). The third kappa shape index (κ3) is 6.41. The zero-order valence-corrected chi connectivity index (χ0v) is 22.0. The van der Waals surface area contributed by atoms with E-state index in [1.165, 1.54) is 4.90 Å². The molecule has 9 heteroatoms. The minimum absolute atomic E-state index is 0.0965. The highest BCUT2D eigenvalue weighted by Crippen LogP contribution is 2.34. The highest BCUT2D eigenvalue weighted by atomic mass is 16.5. The Morgan fingerprint density at radius 3 is 2.63 bits per heavy atom. The Labute approximate surface area is 222 Å². The van der Waals surface area contributed by atoms with E-state index in [1.807, 2.05) is 31.2 Å². The molecule has 2 amide bonds. The number of carbonyl (C=O) groups excluding carboxylic acids is 3. The number of amides is 2. The van der Waals surface area contributed by atoms with Crippen LogP contribution in [0.4, 0.5) is 5.69 Å². The maximum Gasteiger partial charge on any atom is 0.287 e. The maximum absolute atomic E-state index is 12.9. The molecular weight excluding hydrogens is 486 g/mol. The quantitative estimate of drug-likeness (QED) is 0.363. The largest absolute Gasteiger partial charge is 0.485 e. The summed E-state index contributed by atoms with van der Waals surface area (Å²) < 4.78 is 17.0. The van der Waals surface area contributed by atoms with Crippen LogP contribution in [-0.4, -0.2) is 61.9 Å². The van der Waals surface area contributed by atoms with E-state index in [9.17, 15) is 14.4 Å². The van der Waals surface area contributed by atoms with E-state index in [-0.39, 0.29) is 43.1 Å². The summed E-state index contributed by atoms with van der Waals surface area (Å²) in [7, 11) is 0. The van der Waals surface area contributed by atoms with Crippen molar-refractivity contribution >= 4 is 23.3 Å². The van der Waals surface area contributed by atoms with E-state index < -0.39 is 0 Å². The monoisotopic (exact) mass is 519 g/mol. The summed E-state index contributed by atoms with van der Waals surface area (Å²) in [4.78, 5) is 41.8. The first-order chi connectivity index (χ1) is 18.4. The predicted molar refractivity (Wildman–Crippen MR) is 143 cm³/mol. The van der Waals surface area contributed by atoms with Gasteiger partial charge in [0.05, 0.1) is 12.2 Å². The van der Waals surface area contributed by atoms with Crippen LogP contribution in [0.2, 0.25) is 0 Å². The molecule has 0 fully saturated rings. The highest BCUT2D eigenvalue weighted by Gasteiger charge is 2.28. The predicted octanol–water partition coefficient (Wildman–Crippen LogP) is 3.85. The van der Waals surface area contributed by atoms with Gasteiger partial charge in [0.1, 0.15) is 17.3 Å². The molecule has 0 saturated carbocycles. The molecule has 2 aromatic carbocycles. The van der Waals surface area contributed by atoms with Crippen LogP contribution in [0, 0.1) is 6.92 Å². The fourth-order valence-electron chi connectivity index (χ4n) is 4.19. The van der Waals surface area contributed by atoms with E-state index in [0.29, 0.717) is 35.1 Å². The maximum atomic E-state index is 12.9. The summed E-state index contributed by atoms with van der Waals surface area (Å²) in [5.74, 6) is 0.943. The lowest BCUT2D eigenvalue weighted by molar-refractivity contribution is -0.121. The van der Waals surface area contributed by atoms with Crippen LogP contribution in [0.5, 0.6) is 11.5 Å². The Hall–Kier alpha value is -4.11. The number of benzene rings is 2. The summed E-state index contributed by atoms with van der Waals surface area (Å²) >= 11 is 0. The van der Waals surface area contributed by atoms with Crippen LogP contribution in [-0.2, 0) is 11.3 Å². The molecule has 200 valence electrons. The number of aryl methyl sites for hydroxylation is 1. The lowest BCUT2D eigenvalue weighted by Gasteiger charge is -2.29. The first-order valence-electron chi connectivity index (χ1n) is 12.8. The number of nitrogens with zero attached hydrogens (tertiary/aromatic N) is 2. The minimum Gasteiger partial charge on any atom is -0.485 e. The molecule has 2 heterocycles. The second-order valence-corrected chi connectivity index (χ2v) is 8.98. The van der Waals surface area contributed by atoms with Gasteiger partial charge >= 0.3 is 0 Å². The van der Waals surface area contributed by atoms with Crippen LogP contribution < -0.4 is 19.7 Å². The number of nitrogens with one attached hydrogen (secondary N) is 1. The Balaban J connectivity index is 1.43. The second kappa shape index (κ2) is 12.4. The Morgan fingerprint density at radius 2 is 1.87 bits per heavy atom. The minimum atomic E-state index is -0.307. The highest BCUT2D eigenvalue weighted by molar-refractivity contribution is 6.02. The van der Waals surface area contributed by atoms with Crippen molar-refractivity contribution in [3.05, 3.63) is 77.2 Å². The Kier molecular flexibility index (Phi) is 8.81. The van der Waals surface area contributed by atoms with Gasteiger partial charge in [-0.3, -0.25) is 19.3 Å². The standard InChI is InChI=1S/C29H33N3O6/c1-4-31(5-2)15-14-30-29(35)27-13-11-22(38-27)17-32-23-16-21(10-12-26(23)37-19-28(32)34)24(33)18-36-25-9-7-6-8-20(25)3/h6-13,16H,4-5,14-15,17-19H2,1-3H3,(H,30,35). The van der Waals surface area contributed by atoms with Gasteiger partial charge in [0.2, 0.25) is 0 Å². The first kappa shape index (κ1) is 26.9. The van der Waals surface area contributed by atoms with Gasteiger partial charge < -0.3 is 24.1 Å². The molecule has 3 aromatic rings. The lowest BCUT2D eigenvalue weighted by Crippen LogP contribution is -2.38. The number of Topliss-reactive ketones (excluding diaryl/α,β-unsaturated/α-hetero) is 1. The van der Waals surface area contributed by atoms with Gasteiger partial charge in [-0.1, -0.05) is 32.0 Å². The van der Waals surface area contributed by atoms with Crippen LogP contribution in [0.25, 0.3) is 0 Å². The van der Waals surface area contributed by atoms with Gasteiger partial charge in [-0.25, -0.2) is 0 Å². The van der Waals surface area contributed by atoms with E-state index in [1.54, 1.807) is 30.3 Å². The summed E-state index contributed by atoms with van der Waals surface area (Å²) in [6, 6.07) is 15.7. The van der Waals surface area contributed by atoms with E-state index in [0.717, 1.165) is 25.2 Å². The third-order valence-electron chi connectivity index (χ3n) is 6.48. The molecule has 9 nitrogen and oxygen atoms in total. The number of ether oxygens (including phenoxy) is 2. The number of rotatable bonds is 12. The van der Waals surface area contributed by atoms with Gasteiger partial charge in [0.15, 0.2) is 24.8 Å². The molecule has 0 spiro atoms. The van der Waals surface area contributed by atoms with Gasteiger partial charge in [0, 0.05) is 18.7 Å². The van der Waals surface area contributed by atoms with Crippen molar-refractivity contribution in [2.24, 2.45) is 0 Å². The number of carbonyl (C=O) groups is 3. The van der Waals surface area contributed by atoms with Gasteiger partial charge in [0.25, 0.3) is 11.8 Å². The molecular formula is C29H33N3O6. The van der Waals surface area contributed by atoms with Crippen molar-refractivity contribution in [1.29, 1.82) is 0 Å². The van der Waals surface area contributed by atoms with Crippen molar-refractivity contribution in [3.63, 3.8) is 0 Å². The molecule has 1 N–H and O–H groups in total. The van der Waals surface area contributed by atoms with Crippen molar-refractivity contribution in [1.82, 2.24) is 10.2 Å². The number of furan rings is 1. The molecule has 0 radical (unpaired) electrons. The Morgan fingerprint density at radius 1 is 1.08 bits per heavy atom. The fourth-order valence-corrected chi connectivity index (χ4v) is 4.19. The zero-order valence-electron chi connectivity index (χ0n) is 22.0. The lowest BCUT2D eigenvalue weighted by atomic mass is 10.1. The van der Waals surface area contributed by atoms with Crippen molar-refractivity contribution in [2.75, 3.05) is 44.3 Å². The number of para-hydroxylation sites is 1. The van der Waals surface area contributed by atoms with Crippen molar-refractivity contribution < 1.29 is 28.3 Å². The third-order valence-corrected chi connectivity index (χ3v) is 6.48. The fraction of sp³-hybridized carbons (Fsp3) is 0.345. The van der Waals surface area contributed by atoms with Gasteiger partial charge in [-0.2, -0.15) is 0 Å². The number of likely N-dealkylation sites (N-methyl/N-ethyl adjacent to an activating group) is 1. The second-order valence-electron chi connectivity index (χ2n) is 8.98. The number of hydrogen-bond donors (Lipinski definition) is 1. The van der Waals surface area contributed by atoms with Crippen molar-refractivity contribution in [3.8, 4) is 11.5 Å². The number of anilines is 1. The smallest absolute Gasteiger partial charge is 0.287 e. The SMILES string of the molecule is CCN(CC)CCNC(=O)c1ccc(CN2C(=O)COc3ccc(C(=O)COc4ccccc4C)cc32)o1. The molecule has 0 unspecified atom stereocenters. The molecule has 0 aliphatic carbocycles. The van der Waals surface area contributed by atoms with Crippen LogP contribution in [0.1, 0.15) is 46.1 Å². The zero-order chi connectivity index (χ0) is 27.1.